The molecule has 0 aromatic rings. The topological polar surface area (TPSA) is 78.9 Å². The monoisotopic (exact) mass is 255 g/mol. The Morgan fingerprint density at radius 3 is 2.61 bits per heavy atom. The average Bonchev–Trinajstić information content (AvgIpc) is 2.42. The molecular weight excluding hydrogens is 230 g/mol. The molecule has 0 spiro atoms. The summed E-state index contributed by atoms with van der Waals surface area (Å²) in [4.78, 5) is 13.6. The van der Waals surface area contributed by atoms with Crippen LogP contribution in [0, 0.1) is 5.92 Å². The lowest BCUT2D eigenvalue weighted by atomic mass is 9.86. The van der Waals surface area contributed by atoms with Gasteiger partial charge in [0.05, 0.1) is 6.54 Å². The van der Waals surface area contributed by atoms with Crippen molar-refractivity contribution in [3.05, 3.63) is 0 Å². The lowest BCUT2D eigenvalue weighted by Crippen LogP contribution is -2.38. The van der Waals surface area contributed by atoms with Gasteiger partial charge in [0.15, 0.2) is 5.84 Å². The van der Waals surface area contributed by atoms with E-state index in [9.17, 15) is 4.79 Å². The van der Waals surface area contributed by atoms with Gasteiger partial charge in [-0.05, 0) is 19.3 Å². The molecular formula is C13H25N3O2. The van der Waals surface area contributed by atoms with Crippen LogP contribution in [-0.2, 0) is 4.79 Å². The summed E-state index contributed by atoms with van der Waals surface area (Å²) in [5.41, 5.74) is 5.43. The van der Waals surface area contributed by atoms with Crippen LogP contribution in [0.15, 0.2) is 5.16 Å². The zero-order chi connectivity index (χ0) is 13.4. The molecule has 1 saturated carbocycles. The Labute approximate surface area is 109 Å². The van der Waals surface area contributed by atoms with Gasteiger partial charge in [0, 0.05) is 13.0 Å². The van der Waals surface area contributed by atoms with Crippen LogP contribution in [-0.4, -0.2) is 34.9 Å². The first kappa shape index (κ1) is 14.8. The molecule has 18 heavy (non-hydrogen) atoms. The SMILES string of the molecule is CCN(CC(N)=NO)C(=O)CCC1CCCCC1. The number of nitrogens with two attached hydrogens (primary N) is 1. The van der Waals surface area contributed by atoms with E-state index in [0.717, 1.165) is 6.42 Å². The van der Waals surface area contributed by atoms with Crippen molar-refractivity contribution in [2.24, 2.45) is 16.8 Å². The van der Waals surface area contributed by atoms with E-state index in [1.807, 2.05) is 6.92 Å². The van der Waals surface area contributed by atoms with E-state index in [1.165, 1.54) is 32.1 Å². The molecule has 3 N–H and O–H groups in total. The highest BCUT2D eigenvalue weighted by Gasteiger charge is 2.18. The lowest BCUT2D eigenvalue weighted by molar-refractivity contribution is -0.130. The second-order valence-electron chi connectivity index (χ2n) is 5.04. The molecule has 0 aromatic carbocycles. The first-order valence-electron chi connectivity index (χ1n) is 6.91. The molecule has 1 fully saturated rings. The van der Waals surface area contributed by atoms with Gasteiger partial charge in [-0.1, -0.05) is 37.3 Å². The molecule has 0 bridgehead atoms. The van der Waals surface area contributed by atoms with Crippen molar-refractivity contribution in [1.29, 1.82) is 0 Å². The van der Waals surface area contributed by atoms with E-state index in [4.69, 9.17) is 10.9 Å². The van der Waals surface area contributed by atoms with Crippen molar-refractivity contribution in [2.75, 3.05) is 13.1 Å². The number of carbonyl (C=O) groups is 1. The van der Waals surface area contributed by atoms with Crippen LogP contribution in [0.4, 0.5) is 0 Å². The predicted molar refractivity (Wildman–Crippen MR) is 71.5 cm³/mol. The predicted octanol–water partition coefficient (Wildman–Crippen LogP) is 1.94. The summed E-state index contributed by atoms with van der Waals surface area (Å²) in [5.74, 6) is 0.905. The molecule has 1 aliphatic carbocycles. The molecule has 0 aromatic heterocycles. The maximum atomic E-state index is 12.0. The zero-order valence-electron chi connectivity index (χ0n) is 11.3. The van der Waals surface area contributed by atoms with Crippen LogP contribution >= 0.6 is 0 Å². The number of rotatable bonds is 6. The number of hydrogen-bond donors (Lipinski definition) is 2. The van der Waals surface area contributed by atoms with Gasteiger partial charge < -0.3 is 15.8 Å². The Bertz CT molecular complexity index is 286. The van der Waals surface area contributed by atoms with Crippen LogP contribution in [0.2, 0.25) is 0 Å². The molecule has 0 unspecified atom stereocenters. The van der Waals surface area contributed by atoms with Gasteiger partial charge in [-0.3, -0.25) is 4.79 Å². The highest BCUT2D eigenvalue weighted by molar-refractivity contribution is 5.86. The van der Waals surface area contributed by atoms with Gasteiger partial charge >= 0.3 is 0 Å². The molecule has 1 rings (SSSR count). The summed E-state index contributed by atoms with van der Waals surface area (Å²) >= 11 is 0. The molecule has 0 radical (unpaired) electrons. The lowest BCUT2D eigenvalue weighted by Gasteiger charge is -2.24. The summed E-state index contributed by atoms with van der Waals surface area (Å²) in [7, 11) is 0. The standard InChI is InChI=1S/C13H25N3O2/c1-2-16(10-12(14)15-18)13(17)9-8-11-6-4-3-5-7-11/h11,18H,2-10H2,1H3,(H2,14,15). The average molecular weight is 255 g/mol. The van der Waals surface area contributed by atoms with E-state index in [2.05, 4.69) is 5.16 Å². The van der Waals surface area contributed by atoms with Gasteiger partial charge in [0.25, 0.3) is 0 Å². The fraction of sp³-hybridized carbons (Fsp3) is 0.846. The third-order valence-electron chi connectivity index (χ3n) is 3.71. The summed E-state index contributed by atoms with van der Waals surface area (Å²) in [6.07, 6.45) is 8.04. The summed E-state index contributed by atoms with van der Waals surface area (Å²) in [5, 5.41) is 11.4. The molecule has 0 aliphatic heterocycles. The molecule has 1 aliphatic rings. The maximum Gasteiger partial charge on any atom is 0.222 e. The van der Waals surface area contributed by atoms with E-state index < -0.39 is 0 Å². The summed E-state index contributed by atoms with van der Waals surface area (Å²) in [6, 6.07) is 0. The van der Waals surface area contributed by atoms with Crippen molar-refractivity contribution >= 4 is 11.7 Å². The Balaban J connectivity index is 2.32. The number of oxime groups is 1. The molecule has 5 nitrogen and oxygen atoms in total. The fourth-order valence-corrected chi connectivity index (χ4v) is 2.57. The number of likely N-dealkylation sites (N-methyl/N-ethyl adjacent to an activating group) is 1. The molecule has 0 saturated heterocycles. The molecule has 0 atom stereocenters. The summed E-state index contributed by atoms with van der Waals surface area (Å²) in [6.45, 7) is 2.72. The third-order valence-corrected chi connectivity index (χ3v) is 3.71. The number of carbonyl (C=O) groups excluding carboxylic acids is 1. The van der Waals surface area contributed by atoms with Crippen molar-refractivity contribution in [2.45, 2.75) is 51.9 Å². The maximum absolute atomic E-state index is 12.0. The van der Waals surface area contributed by atoms with Gasteiger partial charge in [-0.15, -0.1) is 0 Å². The minimum Gasteiger partial charge on any atom is -0.409 e. The number of hydrogen-bond acceptors (Lipinski definition) is 3. The van der Waals surface area contributed by atoms with Crippen molar-refractivity contribution in [3.8, 4) is 0 Å². The summed E-state index contributed by atoms with van der Waals surface area (Å²) < 4.78 is 0. The van der Waals surface area contributed by atoms with Gasteiger partial charge in [0.1, 0.15) is 0 Å². The molecule has 104 valence electrons. The normalized spacial score (nSPS) is 17.7. The Hall–Kier alpha value is -1.26. The van der Waals surface area contributed by atoms with Crippen LogP contribution in [0.5, 0.6) is 0 Å². The van der Waals surface area contributed by atoms with Gasteiger partial charge in [0.2, 0.25) is 5.91 Å². The Kier molecular flexibility index (Phi) is 6.54. The smallest absolute Gasteiger partial charge is 0.222 e. The number of nitrogens with zero attached hydrogens (tertiary/aromatic N) is 2. The van der Waals surface area contributed by atoms with Crippen LogP contribution in [0.3, 0.4) is 0 Å². The van der Waals surface area contributed by atoms with Gasteiger partial charge in [-0.2, -0.15) is 0 Å². The first-order valence-corrected chi connectivity index (χ1v) is 6.91. The molecule has 5 heteroatoms. The quantitative estimate of drug-likeness (QED) is 0.329. The fourth-order valence-electron chi connectivity index (χ4n) is 2.57. The van der Waals surface area contributed by atoms with Crippen molar-refractivity contribution in [1.82, 2.24) is 4.90 Å². The number of amidine groups is 1. The molecule has 1 amide bonds. The van der Waals surface area contributed by atoms with E-state index in [-0.39, 0.29) is 18.3 Å². The number of amides is 1. The van der Waals surface area contributed by atoms with Crippen molar-refractivity contribution in [3.63, 3.8) is 0 Å². The highest BCUT2D eigenvalue weighted by atomic mass is 16.4. The van der Waals surface area contributed by atoms with E-state index in [0.29, 0.717) is 18.9 Å². The third kappa shape index (κ3) is 4.94. The molecule has 0 heterocycles. The Morgan fingerprint density at radius 2 is 2.06 bits per heavy atom. The zero-order valence-corrected chi connectivity index (χ0v) is 11.3. The Morgan fingerprint density at radius 1 is 1.39 bits per heavy atom. The van der Waals surface area contributed by atoms with E-state index >= 15 is 0 Å². The second kappa shape index (κ2) is 7.95. The van der Waals surface area contributed by atoms with Crippen LogP contribution in [0.25, 0.3) is 0 Å². The van der Waals surface area contributed by atoms with Crippen molar-refractivity contribution < 1.29 is 10.0 Å². The van der Waals surface area contributed by atoms with E-state index in [1.54, 1.807) is 4.90 Å². The largest absolute Gasteiger partial charge is 0.409 e. The second-order valence-corrected chi connectivity index (χ2v) is 5.04. The van der Waals surface area contributed by atoms with Crippen LogP contribution < -0.4 is 5.73 Å². The van der Waals surface area contributed by atoms with Crippen LogP contribution in [0.1, 0.15) is 51.9 Å². The minimum atomic E-state index is 0.0860. The highest BCUT2D eigenvalue weighted by Crippen LogP contribution is 2.27. The first-order chi connectivity index (χ1) is 8.67. The minimum absolute atomic E-state index is 0.0860. The van der Waals surface area contributed by atoms with Gasteiger partial charge in [-0.25, -0.2) is 0 Å².